The molecule has 19 heavy (non-hydrogen) atoms. The molecule has 0 spiro atoms. The summed E-state index contributed by atoms with van der Waals surface area (Å²) in [5, 5.41) is 2.74. The van der Waals surface area contributed by atoms with Gasteiger partial charge >= 0.3 is 0 Å². The molecular formula is C14H19FN2O2. The molecule has 0 unspecified atom stereocenters. The fourth-order valence-corrected chi connectivity index (χ4v) is 1.71. The maximum atomic E-state index is 12.8. The first-order valence-corrected chi connectivity index (χ1v) is 6.35. The van der Waals surface area contributed by atoms with Crippen LogP contribution in [0.25, 0.3) is 0 Å². The minimum atomic E-state index is -0.344. The molecule has 1 N–H and O–H groups in total. The second kappa shape index (κ2) is 7.51. The van der Waals surface area contributed by atoms with Crippen molar-refractivity contribution in [2.24, 2.45) is 0 Å². The molecule has 0 radical (unpaired) electrons. The van der Waals surface area contributed by atoms with Crippen LogP contribution in [0.2, 0.25) is 0 Å². The van der Waals surface area contributed by atoms with Crippen molar-refractivity contribution in [2.75, 3.05) is 18.0 Å². The maximum Gasteiger partial charge on any atom is 0.223 e. The van der Waals surface area contributed by atoms with E-state index < -0.39 is 0 Å². The van der Waals surface area contributed by atoms with Gasteiger partial charge in [0.1, 0.15) is 5.82 Å². The summed E-state index contributed by atoms with van der Waals surface area (Å²) in [4.78, 5) is 24.4. The summed E-state index contributed by atoms with van der Waals surface area (Å²) in [7, 11) is 0. The van der Waals surface area contributed by atoms with Gasteiger partial charge in [-0.15, -0.1) is 0 Å². The van der Waals surface area contributed by atoms with E-state index in [0.29, 0.717) is 25.2 Å². The summed E-state index contributed by atoms with van der Waals surface area (Å²) in [5.41, 5.74) is 0.624. The Kier molecular flexibility index (Phi) is 5.99. The summed E-state index contributed by atoms with van der Waals surface area (Å²) in [5.74, 6) is -0.509. The highest BCUT2D eigenvalue weighted by Gasteiger charge is 2.11. The van der Waals surface area contributed by atoms with Crippen LogP contribution in [-0.2, 0) is 9.59 Å². The van der Waals surface area contributed by atoms with Crippen LogP contribution in [0, 0.1) is 5.82 Å². The molecule has 1 aromatic carbocycles. The van der Waals surface area contributed by atoms with Gasteiger partial charge in [0.2, 0.25) is 11.8 Å². The largest absolute Gasteiger partial charge is 0.354 e. The number of hydrogen-bond acceptors (Lipinski definition) is 2. The molecule has 4 nitrogen and oxygen atoms in total. The Bertz CT molecular complexity index is 432. The van der Waals surface area contributed by atoms with Crippen molar-refractivity contribution >= 4 is 17.5 Å². The molecule has 0 aromatic heterocycles. The summed E-state index contributed by atoms with van der Waals surface area (Å²) >= 11 is 0. The molecule has 0 aliphatic heterocycles. The molecule has 0 fully saturated rings. The number of carbonyl (C=O) groups excluding carboxylic acids is 2. The van der Waals surface area contributed by atoms with E-state index >= 15 is 0 Å². The van der Waals surface area contributed by atoms with Gasteiger partial charge in [0.25, 0.3) is 0 Å². The lowest BCUT2D eigenvalue weighted by atomic mass is 10.2. The van der Waals surface area contributed by atoms with Gasteiger partial charge in [0, 0.05) is 32.1 Å². The molecule has 0 heterocycles. The first kappa shape index (κ1) is 15.1. The molecule has 5 heteroatoms. The second-order valence-corrected chi connectivity index (χ2v) is 4.25. The van der Waals surface area contributed by atoms with Gasteiger partial charge in [-0.1, -0.05) is 6.92 Å². The summed E-state index contributed by atoms with van der Waals surface area (Å²) in [6.45, 7) is 4.13. The normalized spacial score (nSPS) is 10.1. The molecule has 2 amide bonds. The van der Waals surface area contributed by atoms with Crippen molar-refractivity contribution in [3.8, 4) is 0 Å². The fraction of sp³-hybridized carbons (Fsp3) is 0.429. The van der Waals surface area contributed by atoms with Crippen molar-refractivity contribution in [3.05, 3.63) is 30.1 Å². The zero-order chi connectivity index (χ0) is 14.3. The average Bonchev–Trinajstić information content (AvgIpc) is 2.36. The molecule has 0 saturated carbocycles. The number of hydrogen-bond donors (Lipinski definition) is 1. The lowest BCUT2D eigenvalue weighted by Gasteiger charge is -2.21. The van der Waals surface area contributed by atoms with Gasteiger partial charge < -0.3 is 10.2 Å². The molecular weight excluding hydrogens is 247 g/mol. The smallest absolute Gasteiger partial charge is 0.223 e. The summed E-state index contributed by atoms with van der Waals surface area (Å²) in [6.07, 6.45) is 1.27. The monoisotopic (exact) mass is 266 g/mol. The molecule has 0 aliphatic carbocycles. The lowest BCUT2D eigenvalue weighted by molar-refractivity contribution is -0.121. The third kappa shape index (κ3) is 5.07. The maximum absolute atomic E-state index is 12.8. The van der Waals surface area contributed by atoms with E-state index in [1.54, 1.807) is 12.1 Å². The number of halogens is 1. The van der Waals surface area contributed by atoms with Crippen molar-refractivity contribution in [1.82, 2.24) is 5.32 Å². The van der Waals surface area contributed by atoms with E-state index in [1.165, 1.54) is 24.0 Å². The number of benzene rings is 1. The third-order valence-corrected chi connectivity index (χ3v) is 2.65. The van der Waals surface area contributed by atoms with E-state index in [9.17, 15) is 14.0 Å². The van der Waals surface area contributed by atoms with E-state index in [2.05, 4.69) is 5.32 Å². The minimum Gasteiger partial charge on any atom is -0.354 e. The zero-order valence-electron chi connectivity index (χ0n) is 11.3. The van der Waals surface area contributed by atoms with Crippen LogP contribution >= 0.6 is 0 Å². The minimum absolute atomic E-state index is 0.0230. The fourth-order valence-electron chi connectivity index (χ4n) is 1.71. The van der Waals surface area contributed by atoms with Crippen molar-refractivity contribution in [2.45, 2.75) is 26.7 Å². The zero-order valence-corrected chi connectivity index (χ0v) is 11.3. The molecule has 1 rings (SSSR count). The molecule has 0 aliphatic rings. The van der Waals surface area contributed by atoms with Crippen molar-refractivity contribution in [1.29, 1.82) is 0 Å². The standard InChI is InChI=1S/C14H19FN2O2/c1-3-4-14(19)16-9-10-17(11(2)18)13-7-5-12(15)6-8-13/h5-8H,3-4,9-10H2,1-2H3,(H,16,19). The number of rotatable bonds is 6. The Balaban J connectivity index is 2.57. The van der Waals surface area contributed by atoms with Crippen molar-refractivity contribution in [3.63, 3.8) is 0 Å². The highest BCUT2D eigenvalue weighted by atomic mass is 19.1. The van der Waals surface area contributed by atoms with E-state index in [0.717, 1.165) is 6.42 Å². The molecule has 0 saturated heterocycles. The molecule has 0 atom stereocenters. The van der Waals surface area contributed by atoms with Crippen LogP contribution < -0.4 is 10.2 Å². The number of nitrogens with zero attached hydrogens (tertiary/aromatic N) is 1. The highest BCUT2D eigenvalue weighted by molar-refractivity contribution is 5.91. The van der Waals surface area contributed by atoms with Crippen LogP contribution in [0.4, 0.5) is 10.1 Å². The van der Waals surface area contributed by atoms with Gasteiger partial charge in [0.05, 0.1) is 0 Å². The Labute approximate surface area is 112 Å². The quantitative estimate of drug-likeness (QED) is 0.857. The number of amides is 2. The topological polar surface area (TPSA) is 49.4 Å². The third-order valence-electron chi connectivity index (χ3n) is 2.65. The Morgan fingerprint density at radius 3 is 2.42 bits per heavy atom. The van der Waals surface area contributed by atoms with Crippen LogP contribution in [0.1, 0.15) is 26.7 Å². The predicted octanol–water partition coefficient (Wildman–Crippen LogP) is 2.09. The summed E-state index contributed by atoms with van der Waals surface area (Å²) in [6, 6.07) is 5.71. The van der Waals surface area contributed by atoms with Gasteiger partial charge in [-0.2, -0.15) is 0 Å². The number of anilines is 1. The van der Waals surface area contributed by atoms with Gasteiger partial charge in [0.15, 0.2) is 0 Å². The van der Waals surface area contributed by atoms with E-state index in [1.807, 2.05) is 6.92 Å². The average molecular weight is 266 g/mol. The van der Waals surface area contributed by atoms with E-state index in [4.69, 9.17) is 0 Å². The van der Waals surface area contributed by atoms with Crippen LogP contribution in [0.5, 0.6) is 0 Å². The number of nitrogens with one attached hydrogen (secondary N) is 1. The van der Waals surface area contributed by atoms with Crippen molar-refractivity contribution < 1.29 is 14.0 Å². The lowest BCUT2D eigenvalue weighted by Crippen LogP contribution is -2.37. The van der Waals surface area contributed by atoms with Crippen LogP contribution in [0.3, 0.4) is 0 Å². The molecule has 0 bridgehead atoms. The second-order valence-electron chi connectivity index (χ2n) is 4.25. The predicted molar refractivity (Wildman–Crippen MR) is 72.3 cm³/mol. The van der Waals surface area contributed by atoms with Crippen LogP contribution in [0.15, 0.2) is 24.3 Å². The summed E-state index contributed by atoms with van der Waals surface area (Å²) < 4.78 is 12.8. The molecule has 1 aromatic rings. The SMILES string of the molecule is CCCC(=O)NCCN(C(C)=O)c1ccc(F)cc1. The molecule has 104 valence electrons. The Morgan fingerprint density at radius 1 is 1.26 bits per heavy atom. The first-order chi connectivity index (χ1) is 9.04. The van der Waals surface area contributed by atoms with Gasteiger partial charge in [-0.25, -0.2) is 4.39 Å². The van der Waals surface area contributed by atoms with E-state index in [-0.39, 0.29) is 17.6 Å². The number of carbonyl (C=O) groups is 2. The Morgan fingerprint density at radius 2 is 1.89 bits per heavy atom. The van der Waals surface area contributed by atoms with Gasteiger partial charge in [-0.05, 0) is 30.7 Å². The van der Waals surface area contributed by atoms with Gasteiger partial charge in [-0.3, -0.25) is 9.59 Å². The van der Waals surface area contributed by atoms with Crippen LogP contribution in [-0.4, -0.2) is 24.9 Å². The first-order valence-electron chi connectivity index (χ1n) is 6.35. The Hall–Kier alpha value is -1.91. The highest BCUT2D eigenvalue weighted by Crippen LogP contribution is 2.14.